The number of carbonyl (C=O) groups excluding carboxylic acids is 1. The molecule has 60 valence electrons. The molecule has 0 radical (unpaired) electrons. The maximum absolute atomic E-state index is 10.8. The lowest BCUT2D eigenvalue weighted by Gasteiger charge is -2.15. The molecule has 10 heavy (non-hydrogen) atoms. The maximum Gasteiger partial charge on any atom is 0.136 e. The van der Waals surface area contributed by atoms with Crippen molar-refractivity contribution in [2.24, 2.45) is 5.92 Å². The van der Waals surface area contributed by atoms with Crippen molar-refractivity contribution in [2.75, 3.05) is 13.6 Å². The first-order chi connectivity index (χ1) is 4.59. The van der Waals surface area contributed by atoms with Crippen LogP contribution in [-0.4, -0.2) is 30.6 Å². The zero-order chi connectivity index (χ0) is 8.15. The van der Waals surface area contributed by atoms with Crippen LogP contribution >= 0.6 is 0 Å². The molecule has 0 aromatic heterocycles. The molecular weight excluding hydrogens is 130 g/mol. The minimum absolute atomic E-state index is 0.0318. The van der Waals surface area contributed by atoms with Gasteiger partial charge in [0.05, 0.1) is 12.0 Å². The quantitative estimate of drug-likeness (QED) is 0.575. The van der Waals surface area contributed by atoms with Gasteiger partial charge < -0.3 is 10.4 Å². The Morgan fingerprint density at radius 1 is 1.70 bits per heavy atom. The van der Waals surface area contributed by atoms with E-state index in [2.05, 4.69) is 5.32 Å². The van der Waals surface area contributed by atoms with Crippen LogP contribution in [0.4, 0.5) is 0 Å². The summed E-state index contributed by atoms with van der Waals surface area (Å²) in [5.74, 6) is -0.227. The summed E-state index contributed by atoms with van der Waals surface area (Å²) in [6.07, 6.45) is -0.551. The van der Waals surface area contributed by atoms with Crippen LogP contribution in [0.5, 0.6) is 0 Å². The molecule has 0 amide bonds. The van der Waals surface area contributed by atoms with Crippen LogP contribution in [0, 0.1) is 5.92 Å². The number of hydrogen-bond acceptors (Lipinski definition) is 3. The molecule has 0 bridgehead atoms. The molecule has 0 fully saturated rings. The van der Waals surface area contributed by atoms with E-state index in [4.69, 9.17) is 5.11 Å². The third kappa shape index (κ3) is 2.94. The molecule has 2 atom stereocenters. The molecule has 0 spiro atoms. The summed E-state index contributed by atoms with van der Waals surface area (Å²) < 4.78 is 0. The maximum atomic E-state index is 10.8. The number of Topliss-reactive ketones (excluding diaryl/α,β-unsaturated/α-hetero) is 1. The van der Waals surface area contributed by atoms with Gasteiger partial charge in [0.1, 0.15) is 5.78 Å². The third-order valence-corrected chi connectivity index (χ3v) is 1.53. The molecule has 0 unspecified atom stereocenters. The van der Waals surface area contributed by atoms with E-state index >= 15 is 0 Å². The molecule has 0 aromatic rings. The Hall–Kier alpha value is -0.410. The van der Waals surface area contributed by atoms with Crippen molar-refractivity contribution in [3.05, 3.63) is 0 Å². The van der Waals surface area contributed by atoms with Crippen LogP contribution < -0.4 is 5.32 Å². The zero-order valence-corrected chi connectivity index (χ0v) is 6.72. The summed E-state index contributed by atoms with van der Waals surface area (Å²) in [6.45, 7) is 3.67. The first-order valence-corrected chi connectivity index (χ1v) is 3.42. The van der Waals surface area contributed by atoms with Gasteiger partial charge in [-0.1, -0.05) is 0 Å². The third-order valence-electron chi connectivity index (χ3n) is 1.53. The predicted octanol–water partition coefficient (Wildman–Crippen LogP) is -0.208. The van der Waals surface area contributed by atoms with Crippen LogP contribution in [0.15, 0.2) is 0 Å². The summed E-state index contributed by atoms with van der Waals surface area (Å²) >= 11 is 0. The van der Waals surface area contributed by atoms with Crippen molar-refractivity contribution in [3.8, 4) is 0 Å². The highest BCUT2D eigenvalue weighted by Crippen LogP contribution is 2.02. The normalized spacial score (nSPS) is 16.4. The van der Waals surface area contributed by atoms with E-state index in [-0.39, 0.29) is 11.7 Å². The Labute approximate surface area is 61.4 Å². The Kier molecular flexibility index (Phi) is 4.23. The molecule has 0 heterocycles. The van der Waals surface area contributed by atoms with Gasteiger partial charge in [0.25, 0.3) is 0 Å². The molecule has 3 heteroatoms. The van der Waals surface area contributed by atoms with E-state index in [0.29, 0.717) is 6.54 Å². The average Bonchev–Trinajstić information content (AvgIpc) is 1.81. The fourth-order valence-electron chi connectivity index (χ4n) is 0.874. The molecule has 0 rings (SSSR count). The second kappa shape index (κ2) is 4.41. The minimum Gasteiger partial charge on any atom is -0.393 e. The molecule has 0 aliphatic heterocycles. The van der Waals surface area contributed by atoms with Crippen LogP contribution in [0.3, 0.4) is 0 Å². The van der Waals surface area contributed by atoms with Gasteiger partial charge in [-0.15, -0.1) is 0 Å². The van der Waals surface area contributed by atoms with Crippen molar-refractivity contribution < 1.29 is 9.90 Å². The molecule has 0 aliphatic carbocycles. The molecule has 2 N–H and O–H groups in total. The van der Waals surface area contributed by atoms with Crippen LogP contribution in [0.25, 0.3) is 0 Å². The fourth-order valence-corrected chi connectivity index (χ4v) is 0.874. The highest BCUT2D eigenvalue weighted by molar-refractivity contribution is 5.79. The zero-order valence-electron chi connectivity index (χ0n) is 6.72. The van der Waals surface area contributed by atoms with Crippen molar-refractivity contribution in [1.29, 1.82) is 0 Å². The van der Waals surface area contributed by atoms with Gasteiger partial charge >= 0.3 is 0 Å². The SMILES string of the molecule is CNC[C@H](C(C)=O)[C@@H](C)O. The molecule has 0 saturated heterocycles. The number of hydrogen-bond donors (Lipinski definition) is 2. The fraction of sp³-hybridized carbons (Fsp3) is 0.857. The van der Waals surface area contributed by atoms with E-state index in [0.717, 1.165) is 0 Å². The number of ketones is 1. The summed E-state index contributed by atoms with van der Waals surface area (Å²) in [6, 6.07) is 0. The van der Waals surface area contributed by atoms with E-state index in [1.165, 1.54) is 6.92 Å². The molecule has 3 nitrogen and oxygen atoms in total. The Bertz CT molecular complexity index is 112. The van der Waals surface area contributed by atoms with Gasteiger partial charge in [-0.25, -0.2) is 0 Å². The largest absolute Gasteiger partial charge is 0.393 e. The number of aliphatic hydroxyl groups excluding tert-OH is 1. The number of aliphatic hydroxyl groups is 1. The second-order valence-electron chi connectivity index (χ2n) is 2.52. The van der Waals surface area contributed by atoms with Crippen molar-refractivity contribution in [3.63, 3.8) is 0 Å². The minimum atomic E-state index is -0.551. The first-order valence-electron chi connectivity index (χ1n) is 3.42. The van der Waals surface area contributed by atoms with Crippen molar-refractivity contribution in [1.82, 2.24) is 5.32 Å². The first kappa shape index (κ1) is 9.59. The molecule has 0 aliphatic rings. The van der Waals surface area contributed by atoms with Crippen molar-refractivity contribution in [2.45, 2.75) is 20.0 Å². The van der Waals surface area contributed by atoms with Gasteiger partial charge in [-0.3, -0.25) is 4.79 Å². The van der Waals surface area contributed by atoms with Crippen molar-refractivity contribution >= 4 is 5.78 Å². The summed E-state index contributed by atoms with van der Waals surface area (Å²) in [5.41, 5.74) is 0. The molecular formula is C7H15NO2. The smallest absolute Gasteiger partial charge is 0.136 e. The van der Waals surface area contributed by atoms with Crippen LogP contribution in [0.2, 0.25) is 0 Å². The highest BCUT2D eigenvalue weighted by Gasteiger charge is 2.18. The lowest BCUT2D eigenvalue weighted by atomic mass is 10.00. The predicted molar refractivity (Wildman–Crippen MR) is 39.8 cm³/mol. The van der Waals surface area contributed by atoms with E-state index in [1.54, 1.807) is 14.0 Å². The lowest BCUT2D eigenvalue weighted by Crippen LogP contribution is -2.32. The monoisotopic (exact) mass is 145 g/mol. The van der Waals surface area contributed by atoms with Gasteiger partial charge in [-0.05, 0) is 20.9 Å². The topological polar surface area (TPSA) is 49.3 Å². The standard InChI is InChI=1S/C7H15NO2/c1-5(9)7(4-8-3)6(2)10/h5,7-9H,4H2,1-3H3/t5-,7+/m1/s1. The van der Waals surface area contributed by atoms with Crippen LogP contribution in [0.1, 0.15) is 13.8 Å². The van der Waals surface area contributed by atoms with E-state index in [1.807, 2.05) is 0 Å². The lowest BCUT2D eigenvalue weighted by molar-refractivity contribution is -0.123. The summed E-state index contributed by atoms with van der Waals surface area (Å²) in [7, 11) is 1.76. The van der Waals surface area contributed by atoms with Gasteiger partial charge in [0.2, 0.25) is 0 Å². The Morgan fingerprint density at radius 3 is 2.30 bits per heavy atom. The van der Waals surface area contributed by atoms with Gasteiger partial charge in [0.15, 0.2) is 0 Å². The summed E-state index contributed by atoms with van der Waals surface area (Å²) in [4.78, 5) is 10.8. The molecule has 0 aromatic carbocycles. The van der Waals surface area contributed by atoms with E-state index in [9.17, 15) is 4.79 Å². The second-order valence-corrected chi connectivity index (χ2v) is 2.52. The highest BCUT2D eigenvalue weighted by atomic mass is 16.3. The van der Waals surface area contributed by atoms with Crippen LogP contribution in [-0.2, 0) is 4.79 Å². The Balaban J connectivity index is 3.85. The number of rotatable bonds is 4. The molecule has 0 saturated carbocycles. The summed E-state index contributed by atoms with van der Waals surface area (Å²) in [5, 5.41) is 11.9. The average molecular weight is 145 g/mol. The van der Waals surface area contributed by atoms with Gasteiger partial charge in [-0.2, -0.15) is 0 Å². The number of carbonyl (C=O) groups is 1. The van der Waals surface area contributed by atoms with E-state index < -0.39 is 6.10 Å². The Morgan fingerprint density at radius 2 is 2.20 bits per heavy atom. The number of nitrogens with one attached hydrogen (secondary N) is 1. The van der Waals surface area contributed by atoms with Gasteiger partial charge in [0, 0.05) is 6.54 Å².